The summed E-state index contributed by atoms with van der Waals surface area (Å²) in [5.41, 5.74) is 1.35. The number of amides is 2. The van der Waals surface area contributed by atoms with Crippen LogP contribution in [0, 0.1) is 0 Å². The smallest absolute Gasteiger partial charge is 0.307 e. The van der Waals surface area contributed by atoms with Crippen LogP contribution in [-0.4, -0.2) is 31.6 Å². The van der Waals surface area contributed by atoms with E-state index in [1.54, 1.807) is 18.2 Å². The fourth-order valence-corrected chi connectivity index (χ4v) is 2.55. The molecule has 0 fully saturated rings. The first-order valence-corrected chi connectivity index (χ1v) is 7.59. The molecular formula is C13H8Cl3N7O. The van der Waals surface area contributed by atoms with Gasteiger partial charge in [0.05, 0.1) is 5.69 Å². The summed E-state index contributed by atoms with van der Waals surface area (Å²) >= 11 is 17.6. The van der Waals surface area contributed by atoms with Gasteiger partial charge in [0.15, 0.2) is 0 Å². The highest BCUT2D eigenvalue weighted by Gasteiger charge is 2.13. The number of rotatable bonds is 3. The predicted octanol–water partition coefficient (Wildman–Crippen LogP) is 3.87. The molecule has 0 bridgehead atoms. The van der Waals surface area contributed by atoms with Crippen LogP contribution in [0.5, 0.6) is 0 Å². The number of benzene rings is 1. The van der Waals surface area contributed by atoms with Gasteiger partial charge in [0.1, 0.15) is 10.3 Å². The molecule has 2 aromatic heterocycles. The number of urea groups is 1. The molecule has 0 radical (unpaired) electrons. The Morgan fingerprint density at radius 2 is 1.79 bits per heavy atom. The van der Waals surface area contributed by atoms with E-state index in [0.29, 0.717) is 27.8 Å². The van der Waals surface area contributed by atoms with Crippen LogP contribution in [-0.2, 0) is 0 Å². The van der Waals surface area contributed by atoms with Crippen molar-refractivity contribution < 1.29 is 4.79 Å². The van der Waals surface area contributed by atoms with E-state index in [4.69, 9.17) is 34.8 Å². The Hall–Kier alpha value is -2.42. The molecular weight excluding hydrogens is 377 g/mol. The van der Waals surface area contributed by atoms with Gasteiger partial charge in [-0.1, -0.05) is 34.8 Å². The third kappa shape index (κ3) is 3.91. The zero-order valence-electron chi connectivity index (χ0n) is 11.7. The minimum absolute atomic E-state index is 0.160. The number of nitrogens with one attached hydrogen (secondary N) is 3. The SMILES string of the molecule is O=C(Nc1cc(Cl)nc(Cl)c1)Nc1cc(Cl)ccc1-c1nn[nH]n1. The average molecular weight is 385 g/mol. The van der Waals surface area contributed by atoms with E-state index >= 15 is 0 Å². The Kier molecular flexibility index (Phi) is 4.79. The molecule has 11 heteroatoms. The van der Waals surface area contributed by atoms with Crippen LogP contribution in [0.1, 0.15) is 0 Å². The Morgan fingerprint density at radius 3 is 2.46 bits per heavy atom. The van der Waals surface area contributed by atoms with Crippen LogP contribution < -0.4 is 10.6 Å². The van der Waals surface area contributed by atoms with Gasteiger partial charge in [-0.3, -0.25) is 0 Å². The number of carbonyl (C=O) groups excluding carboxylic acids is 1. The van der Waals surface area contributed by atoms with Crippen molar-refractivity contribution in [3.63, 3.8) is 0 Å². The number of hydrogen-bond donors (Lipinski definition) is 3. The molecule has 24 heavy (non-hydrogen) atoms. The van der Waals surface area contributed by atoms with Crippen molar-refractivity contribution in [1.82, 2.24) is 25.6 Å². The number of nitrogens with zero attached hydrogens (tertiary/aromatic N) is 4. The van der Waals surface area contributed by atoms with Crippen LogP contribution in [0.3, 0.4) is 0 Å². The molecule has 8 nitrogen and oxygen atoms in total. The van der Waals surface area contributed by atoms with Crippen LogP contribution in [0.4, 0.5) is 16.2 Å². The lowest BCUT2D eigenvalue weighted by molar-refractivity contribution is 0.262. The fraction of sp³-hybridized carbons (Fsp3) is 0. The van der Waals surface area contributed by atoms with Crippen LogP contribution in [0.15, 0.2) is 30.3 Å². The molecule has 0 aliphatic rings. The first-order valence-electron chi connectivity index (χ1n) is 6.46. The number of halogens is 3. The number of pyridine rings is 1. The second-order valence-electron chi connectivity index (χ2n) is 4.51. The van der Waals surface area contributed by atoms with E-state index in [0.717, 1.165) is 0 Å². The molecule has 2 amide bonds. The van der Waals surface area contributed by atoms with E-state index in [9.17, 15) is 4.79 Å². The van der Waals surface area contributed by atoms with Crippen LogP contribution in [0.2, 0.25) is 15.3 Å². The quantitative estimate of drug-likeness (QED) is 0.594. The maximum Gasteiger partial charge on any atom is 0.323 e. The highest BCUT2D eigenvalue weighted by atomic mass is 35.5. The predicted molar refractivity (Wildman–Crippen MR) is 91.5 cm³/mol. The summed E-state index contributed by atoms with van der Waals surface area (Å²) in [6.07, 6.45) is 0. The van der Waals surface area contributed by atoms with E-state index in [2.05, 4.69) is 36.2 Å². The topological polar surface area (TPSA) is 108 Å². The van der Waals surface area contributed by atoms with Crippen molar-refractivity contribution in [3.8, 4) is 11.4 Å². The Bertz CT molecular complexity index is 865. The first-order chi connectivity index (χ1) is 11.5. The molecule has 2 heterocycles. The zero-order chi connectivity index (χ0) is 17.1. The lowest BCUT2D eigenvalue weighted by Gasteiger charge is -2.11. The van der Waals surface area contributed by atoms with E-state index in [1.807, 2.05) is 0 Å². The zero-order valence-corrected chi connectivity index (χ0v) is 14.0. The summed E-state index contributed by atoms with van der Waals surface area (Å²) in [5, 5.41) is 19.6. The van der Waals surface area contributed by atoms with Crippen LogP contribution >= 0.6 is 34.8 Å². The molecule has 3 aromatic rings. The molecule has 3 rings (SSSR count). The summed E-state index contributed by atoms with van der Waals surface area (Å²) in [4.78, 5) is 16.0. The molecule has 3 N–H and O–H groups in total. The molecule has 0 aliphatic carbocycles. The second kappa shape index (κ2) is 7.00. The standard InChI is InChI=1S/C13H8Cl3N7O/c14-6-1-2-8(12-20-22-23-21-12)9(3-6)18-13(24)17-7-4-10(15)19-11(16)5-7/h1-5H,(H2,17,18,19,24)(H,20,21,22,23). The van der Waals surface area contributed by atoms with E-state index < -0.39 is 6.03 Å². The average Bonchev–Trinajstić information content (AvgIpc) is 3.00. The van der Waals surface area contributed by atoms with Crippen molar-refractivity contribution in [2.75, 3.05) is 10.6 Å². The molecule has 0 aliphatic heterocycles. The molecule has 0 atom stereocenters. The minimum atomic E-state index is -0.527. The number of carbonyl (C=O) groups is 1. The third-order valence-corrected chi connectivity index (χ3v) is 3.46. The number of H-pyrrole nitrogens is 1. The Balaban J connectivity index is 1.83. The molecule has 122 valence electrons. The summed E-state index contributed by atoms with van der Waals surface area (Å²) in [7, 11) is 0. The normalized spacial score (nSPS) is 10.5. The monoisotopic (exact) mass is 383 g/mol. The molecule has 0 saturated heterocycles. The number of hydrogen-bond acceptors (Lipinski definition) is 5. The third-order valence-electron chi connectivity index (χ3n) is 2.84. The summed E-state index contributed by atoms with van der Waals surface area (Å²) in [5.74, 6) is 0.317. The maximum atomic E-state index is 12.2. The largest absolute Gasteiger partial charge is 0.323 e. The number of tetrazole rings is 1. The van der Waals surface area contributed by atoms with Crippen molar-refractivity contribution in [1.29, 1.82) is 0 Å². The van der Waals surface area contributed by atoms with Crippen molar-refractivity contribution in [2.45, 2.75) is 0 Å². The van der Waals surface area contributed by atoms with Gasteiger partial charge in [-0.05, 0) is 35.5 Å². The van der Waals surface area contributed by atoms with Gasteiger partial charge in [0.2, 0.25) is 5.82 Å². The van der Waals surface area contributed by atoms with E-state index in [1.165, 1.54) is 12.1 Å². The molecule has 0 unspecified atom stereocenters. The fourth-order valence-electron chi connectivity index (χ4n) is 1.91. The summed E-state index contributed by atoms with van der Waals surface area (Å²) in [6, 6.07) is 7.29. The Morgan fingerprint density at radius 1 is 1.04 bits per heavy atom. The Labute approximate surface area is 150 Å². The lowest BCUT2D eigenvalue weighted by Crippen LogP contribution is -2.20. The second-order valence-corrected chi connectivity index (χ2v) is 5.72. The van der Waals surface area contributed by atoms with E-state index in [-0.39, 0.29) is 10.3 Å². The van der Waals surface area contributed by atoms with Crippen LogP contribution in [0.25, 0.3) is 11.4 Å². The van der Waals surface area contributed by atoms with Gasteiger partial charge in [-0.15, -0.1) is 10.2 Å². The van der Waals surface area contributed by atoms with Gasteiger partial charge in [0, 0.05) is 16.3 Å². The highest BCUT2D eigenvalue weighted by molar-refractivity contribution is 6.33. The molecule has 1 aromatic carbocycles. The molecule has 0 saturated carbocycles. The lowest BCUT2D eigenvalue weighted by atomic mass is 10.1. The van der Waals surface area contributed by atoms with Crippen molar-refractivity contribution in [3.05, 3.63) is 45.7 Å². The number of aromatic amines is 1. The van der Waals surface area contributed by atoms with Gasteiger partial charge in [-0.25, -0.2) is 9.78 Å². The van der Waals surface area contributed by atoms with Gasteiger partial charge in [-0.2, -0.15) is 5.21 Å². The van der Waals surface area contributed by atoms with Crippen molar-refractivity contribution in [2.24, 2.45) is 0 Å². The number of anilines is 2. The summed E-state index contributed by atoms with van der Waals surface area (Å²) < 4.78 is 0. The van der Waals surface area contributed by atoms with Gasteiger partial charge in [0.25, 0.3) is 0 Å². The summed E-state index contributed by atoms with van der Waals surface area (Å²) in [6.45, 7) is 0. The number of aromatic nitrogens is 5. The van der Waals surface area contributed by atoms with Crippen molar-refractivity contribution >= 4 is 52.2 Å². The minimum Gasteiger partial charge on any atom is -0.307 e. The molecule has 0 spiro atoms. The van der Waals surface area contributed by atoms with Gasteiger partial charge >= 0.3 is 6.03 Å². The maximum absolute atomic E-state index is 12.2. The highest BCUT2D eigenvalue weighted by Crippen LogP contribution is 2.28. The first kappa shape index (κ1) is 16.4. The van der Waals surface area contributed by atoms with Gasteiger partial charge < -0.3 is 10.6 Å².